The Hall–Kier alpha value is -4.49. The van der Waals surface area contributed by atoms with Crippen LogP contribution in [0, 0.1) is 5.82 Å². The summed E-state index contributed by atoms with van der Waals surface area (Å²) in [6.07, 6.45) is -2.43. The fourth-order valence-corrected chi connectivity index (χ4v) is 5.19. The van der Waals surface area contributed by atoms with Gasteiger partial charge in [0.2, 0.25) is 11.5 Å². The second-order valence-corrected chi connectivity index (χ2v) is 11.7. The molecule has 9 nitrogen and oxygen atoms in total. The van der Waals surface area contributed by atoms with Crippen LogP contribution in [0.3, 0.4) is 0 Å². The number of carbonyl (C=O) groups is 2. The lowest BCUT2D eigenvalue weighted by atomic mass is 9.81. The van der Waals surface area contributed by atoms with Crippen LogP contribution >= 0.6 is 11.6 Å². The number of amides is 2. The first-order chi connectivity index (χ1) is 21.2. The Morgan fingerprint density at radius 3 is 2.53 bits per heavy atom. The van der Waals surface area contributed by atoms with Crippen LogP contribution < -0.4 is 20.5 Å². The lowest BCUT2D eigenvalue weighted by Gasteiger charge is -2.31. The van der Waals surface area contributed by atoms with Gasteiger partial charge in [-0.3, -0.25) is 14.6 Å². The average molecular weight is 645 g/mol. The van der Waals surface area contributed by atoms with Crippen LogP contribution in [0.1, 0.15) is 41.4 Å². The number of halogens is 5. The van der Waals surface area contributed by atoms with Crippen molar-refractivity contribution in [2.75, 3.05) is 13.2 Å². The highest BCUT2D eigenvalue weighted by Crippen LogP contribution is 2.47. The SMILES string of the molecule is C[C@]1(C(N)=O)COc2c1cc([C@@](O)(CNC(=O)c1cc(OC3CC3)c3ncc(Cl)cc3c1)C(F)(F)F)nc2-c1ccc(F)cc1. The molecule has 1 aliphatic heterocycles. The normalized spacial score (nSPS) is 19.0. The number of aliphatic hydroxyl groups is 1. The number of aromatic nitrogens is 2. The van der Waals surface area contributed by atoms with Gasteiger partial charge in [0.1, 0.15) is 40.5 Å². The van der Waals surface area contributed by atoms with E-state index < -0.39 is 47.1 Å². The topological polar surface area (TPSA) is 137 Å². The molecule has 0 spiro atoms. The molecule has 234 valence electrons. The van der Waals surface area contributed by atoms with E-state index in [1.165, 1.54) is 43.5 Å². The first-order valence-corrected chi connectivity index (χ1v) is 14.2. The maximum Gasteiger partial charge on any atom is 0.424 e. The molecule has 1 saturated carbocycles. The summed E-state index contributed by atoms with van der Waals surface area (Å²) in [7, 11) is 0. The van der Waals surface area contributed by atoms with E-state index in [4.69, 9.17) is 26.8 Å². The van der Waals surface area contributed by atoms with Crippen LogP contribution in [0.4, 0.5) is 17.6 Å². The van der Waals surface area contributed by atoms with Gasteiger partial charge in [-0.15, -0.1) is 0 Å². The van der Waals surface area contributed by atoms with Crippen molar-refractivity contribution in [3.05, 3.63) is 82.4 Å². The molecule has 2 aromatic carbocycles. The van der Waals surface area contributed by atoms with E-state index in [2.05, 4.69) is 15.3 Å². The largest absolute Gasteiger partial charge is 0.489 e. The van der Waals surface area contributed by atoms with Gasteiger partial charge in [0.15, 0.2) is 0 Å². The van der Waals surface area contributed by atoms with Crippen LogP contribution in [0.5, 0.6) is 11.5 Å². The molecule has 0 bridgehead atoms. The highest BCUT2D eigenvalue weighted by Gasteiger charge is 2.57. The molecule has 1 fully saturated rings. The van der Waals surface area contributed by atoms with E-state index in [1.807, 2.05) is 0 Å². The third-order valence-electron chi connectivity index (χ3n) is 7.93. The molecule has 4 N–H and O–H groups in total. The number of fused-ring (bicyclic) bond motifs is 2. The van der Waals surface area contributed by atoms with Crippen molar-refractivity contribution in [2.45, 2.75) is 43.1 Å². The molecule has 2 atom stereocenters. The van der Waals surface area contributed by atoms with Crippen LogP contribution in [0.2, 0.25) is 5.02 Å². The molecular formula is C31H25ClF4N4O5. The predicted molar refractivity (Wildman–Crippen MR) is 154 cm³/mol. The van der Waals surface area contributed by atoms with Crippen molar-refractivity contribution in [3.63, 3.8) is 0 Å². The summed E-state index contributed by atoms with van der Waals surface area (Å²) in [5.41, 5.74) is -0.356. The number of pyridine rings is 2. The minimum Gasteiger partial charge on any atom is -0.489 e. The molecule has 4 aromatic rings. The number of ether oxygens (including phenoxy) is 2. The predicted octanol–water partition coefficient (Wildman–Crippen LogP) is 4.95. The van der Waals surface area contributed by atoms with Crippen LogP contribution in [-0.4, -0.2) is 52.3 Å². The van der Waals surface area contributed by atoms with E-state index in [0.29, 0.717) is 10.9 Å². The number of alkyl halides is 3. The van der Waals surface area contributed by atoms with Crippen molar-refractivity contribution in [2.24, 2.45) is 5.73 Å². The molecule has 0 saturated heterocycles. The van der Waals surface area contributed by atoms with Crippen molar-refractivity contribution < 1.29 is 41.7 Å². The van der Waals surface area contributed by atoms with E-state index >= 15 is 0 Å². The molecule has 14 heteroatoms. The summed E-state index contributed by atoms with van der Waals surface area (Å²) in [5.74, 6) is -2.22. The highest BCUT2D eigenvalue weighted by molar-refractivity contribution is 6.31. The third-order valence-corrected chi connectivity index (χ3v) is 8.13. The van der Waals surface area contributed by atoms with Crippen LogP contribution in [0.25, 0.3) is 22.2 Å². The molecule has 2 aromatic heterocycles. The Kier molecular flexibility index (Phi) is 7.36. The quantitative estimate of drug-likeness (QED) is 0.231. The van der Waals surface area contributed by atoms with Gasteiger partial charge in [-0.25, -0.2) is 9.37 Å². The number of rotatable bonds is 8. The Morgan fingerprint density at radius 2 is 1.89 bits per heavy atom. The Balaban J connectivity index is 1.40. The van der Waals surface area contributed by atoms with Crippen LogP contribution in [-0.2, 0) is 15.8 Å². The zero-order chi connectivity index (χ0) is 32.3. The van der Waals surface area contributed by atoms with Gasteiger partial charge in [0.05, 0.1) is 23.4 Å². The molecule has 3 heterocycles. The Bertz CT molecular complexity index is 1850. The number of hydrogen-bond donors (Lipinski definition) is 3. The first-order valence-electron chi connectivity index (χ1n) is 13.8. The van der Waals surface area contributed by atoms with E-state index in [-0.39, 0.29) is 51.6 Å². The van der Waals surface area contributed by atoms with Crippen molar-refractivity contribution in [3.8, 4) is 22.8 Å². The van der Waals surface area contributed by atoms with Gasteiger partial charge in [0.25, 0.3) is 5.91 Å². The zero-order valence-electron chi connectivity index (χ0n) is 23.5. The maximum atomic E-state index is 14.7. The number of hydrogen-bond acceptors (Lipinski definition) is 7. The molecule has 45 heavy (non-hydrogen) atoms. The monoisotopic (exact) mass is 644 g/mol. The van der Waals surface area contributed by atoms with Gasteiger partial charge < -0.3 is 25.6 Å². The smallest absolute Gasteiger partial charge is 0.424 e. The van der Waals surface area contributed by atoms with E-state index in [0.717, 1.165) is 31.0 Å². The van der Waals surface area contributed by atoms with Crippen LogP contribution in [0.15, 0.2) is 54.7 Å². The van der Waals surface area contributed by atoms with Crippen molar-refractivity contribution >= 4 is 34.3 Å². The molecule has 1 aliphatic carbocycles. The Morgan fingerprint density at radius 1 is 1.18 bits per heavy atom. The number of nitrogens with one attached hydrogen (secondary N) is 1. The fourth-order valence-electron chi connectivity index (χ4n) is 5.02. The summed E-state index contributed by atoms with van der Waals surface area (Å²) in [6, 6.07) is 9.86. The minimum atomic E-state index is -5.37. The summed E-state index contributed by atoms with van der Waals surface area (Å²) >= 11 is 6.08. The molecule has 2 amide bonds. The maximum absolute atomic E-state index is 14.7. The van der Waals surface area contributed by atoms with Gasteiger partial charge in [-0.05, 0) is 68.3 Å². The Labute approximate surface area is 258 Å². The van der Waals surface area contributed by atoms with Crippen molar-refractivity contribution in [1.29, 1.82) is 0 Å². The number of nitrogens with two attached hydrogens (primary N) is 1. The first kappa shape index (κ1) is 30.5. The standard InChI is InChI=1S/C31H25ClF4N4O5/c1-29(28(37)42)14-44-26-21(29)11-23(40-25(26)15-2-4-19(33)5-3-15)30(43,31(34,35)36)13-39-27(41)17-8-16-9-18(32)12-38-24(16)22(10-17)45-20-6-7-20/h2-5,8-12,20,43H,6-7,13-14H2,1H3,(H2,37,42)(H,39,41)/t29-,30-/m0/s1. The summed E-state index contributed by atoms with van der Waals surface area (Å²) in [4.78, 5) is 34.1. The molecule has 0 unspecified atom stereocenters. The molecule has 2 aliphatic rings. The lowest BCUT2D eigenvalue weighted by molar-refractivity contribution is -0.265. The summed E-state index contributed by atoms with van der Waals surface area (Å²) in [6.45, 7) is -0.275. The second-order valence-electron chi connectivity index (χ2n) is 11.3. The lowest BCUT2D eigenvalue weighted by Crippen LogP contribution is -2.51. The molecule has 6 rings (SSSR count). The minimum absolute atomic E-state index is 0.0353. The summed E-state index contributed by atoms with van der Waals surface area (Å²) in [5, 5.41) is 14.2. The van der Waals surface area contributed by atoms with Gasteiger partial charge in [0, 0.05) is 28.3 Å². The van der Waals surface area contributed by atoms with Crippen molar-refractivity contribution in [1.82, 2.24) is 15.3 Å². The number of nitrogens with zero attached hydrogens (tertiary/aromatic N) is 2. The highest BCUT2D eigenvalue weighted by atomic mass is 35.5. The number of carbonyl (C=O) groups excluding carboxylic acids is 2. The van der Waals surface area contributed by atoms with E-state index in [1.54, 1.807) is 0 Å². The zero-order valence-corrected chi connectivity index (χ0v) is 24.3. The fraction of sp³-hybridized carbons (Fsp3) is 0.290. The third kappa shape index (κ3) is 5.50. The molecular weight excluding hydrogens is 620 g/mol. The van der Waals surface area contributed by atoms with Gasteiger partial charge in [-0.2, -0.15) is 13.2 Å². The van der Waals surface area contributed by atoms with Gasteiger partial charge >= 0.3 is 6.18 Å². The van der Waals surface area contributed by atoms with E-state index in [9.17, 15) is 32.3 Å². The second kappa shape index (κ2) is 10.8. The molecule has 0 radical (unpaired) electrons. The van der Waals surface area contributed by atoms with Gasteiger partial charge in [-0.1, -0.05) is 11.6 Å². The number of primary amides is 1. The average Bonchev–Trinajstić information content (AvgIpc) is 3.74. The number of benzene rings is 2. The summed E-state index contributed by atoms with van der Waals surface area (Å²) < 4.78 is 69.5.